The molecule has 4 nitrogen and oxygen atoms in total. The van der Waals surface area contributed by atoms with Crippen LogP contribution in [0, 0.1) is 0 Å². The van der Waals surface area contributed by atoms with E-state index in [1.807, 2.05) is 0 Å². The molecule has 4 heteroatoms. The molecule has 236 valence electrons. The molecule has 0 spiro atoms. The number of allylic oxidation sites excluding steroid dienone is 4. The molecule has 0 radical (unpaired) electrons. The number of carbonyl (C=O) groups excluding carboxylic acids is 1. The molecule has 0 bridgehead atoms. The average Bonchev–Trinajstić information content (AvgIpc) is 2.96. The van der Waals surface area contributed by atoms with Gasteiger partial charge in [0.15, 0.2) is 0 Å². The summed E-state index contributed by atoms with van der Waals surface area (Å²) in [7, 11) is 0. The summed E-state index contributed by atoms with van der Waals surface area (Å²) in [5.41, 5.74) is 0. The molecule has 0 aromatic rings. The predicted molar refractivity (Wildman–Crippen MR) is 175 cm³/mol. The second-order valence-electron chi connectivity index (χ2n) is 11.9. The third-order valence-corrected chi connectivity index (χ3v) is 7.97. The largest absolute Gasteiger partial charge is 0.394 e. The Morgan fingerprint density at radius 1 is 0.600 bits per heavy atom. The van der Waals surface area contributed by atoms with Crippen LogP contribution in [0.4, 0.5) is 0 Å². The van der Waals surface area contributed by atoms with Crippen LogP contribution in [0.15, 0.2) is 24.3 Å². The summed E-state index contributed by atoms with van der Waals surface area (Å²) in [6.45, 7) is 4.30. The number of amides is 1. The van der Waals surface area contributed by atoms with Gasteiger partial charge in [0.05, 0.1) is 18.8 Å². The van der Waals surface area contributed by atoms with Crippen molar-refractivity contribution in [2.24, 2.45) is 0 Å². The van der Waals surface area contributed by atoms with Crippen molar-refractivity contribution in [3.8, 4) is 0 Å². The minimum atomic E-state index is -0.661. The maximum Gasteiger partial charge on any atom is 0.220 e. The van der Waals surface area contributed by atoms with Gasteiger partial charge in [0.2, 0.25) is 5.91 Å². The average molecular weight is 564 g/mol. The fourth-order valence-electron chi connectivity index (χ4n) is 5.20. The maximum atomic E-state index is 12.3. The zero-order valence-corrected chi connectivity index (χ0v) is 26.9. The van der Waals surface area contributed by atoms with Gasteiger partial charge < -0.3 is 15.5 Å². The molecule has 0 aliphatic rings. The van der Waals surface area contributed by atoms with Crippen LogP contribution in [0.25, 0.3) is 0 Å². The van der Waals surface area contributed by atoms with Crippen molar-refractivity contribution in [3.63, 3.8) is 0 Å². The van der Waals surface area contributed by atoms with Crippen LogP contribution in [0.3, 0.4) is 0 Å². The number of nitrogens with one attached hydrogen (secondary N) is 1. The van der Waals surface area contributed by atoms with Crippen molar-refractivity contribution in [2.45, 2.75) is 193 Å². The first kappa shape index (κ1) is 38.9. The second kappa shape index (κ2) is 32.4. The van der Waals surface area contributed by atoms with Crippen molar-refractivity contribution >= 4 is 5.91 Å². The molecule has 0 saturated carbocycles. The van der Waals surface area contributed by atoms with Gasteiger partial charge in [0.25, 0.3) is 0 Å². The molecule has 40 heavy (non-hydrogen) atoms. The molecule has 0 rings (SSSR count). The van der Waals surface area contributed by atoms with E-state index >= 15 is 0 Å². The summed E-state index contributed by atoms with van der Waals surface area (Å²) in [6.07, 6.45) is 39.3. The van der Waals surface area contributed by atoms with E-state index in [2.05, 4.69) is 43.5 Å². The molecule has 3 N–H and O–H groups in total. The third kappa shape index (κ3) is 28.4. The van der Waals surface area contributed by atoms with Crippen molar-refractivity contribution in [2.75, 3.05) is 6.61 Å². The highest BCUT2D eigenvalue weighted by Gasteiger charge is 2.19. The normalized spacial score (nSPS) is 13.4. The lowest BCUT2D eigenvalue weighted by molar-refractivity contribution is -0.123. The maximum absolute atomic E-state index is 12.3. The van der Waals surface area contributed by atoms with Gasteiger partial charge in [0, 0.05) is 6.42 Å². The highest BCUT2D eigenvalue weighted by molar-refractivity contribution is 5.76. The van der Waals surface area contributed by atoms with Crippen molar-refractivity contribution in [3.05, 3.63) is 24.3 Å². The smallest absolute Gasteiger partial charge is 0.220 e. The Kier molecular flexibility index (Phi) is 31.5. The topological polar surface area (TPSA) is 69.6 Å². The molecule has 0 heterocycles. The summed E-state index contributed by atoms with van der Waals surface area (Å²) in [5.74, 6) is -0.0472. The molecule has 0 aliphatic heterocycles. The fraction of sp³-hybridized carbons (Fsp3) is 0.861. The van der Waals surface area contributed by atoms with Gasteiger partial charge in [-0.25, -0.2) is 0 Å². The van der Waals surface area contributed by atoms with Crippen molar-refractivity contribution < 1.29 is 15.0 Å². The molecular weight excluding hydrogens is 494 g/mol. The molecule has 0 aromatic carbocycles. The zero-order valence-electron chi connectivity index (χ0n) is 26.9. The van der Waals surface area contributed by atoms with Crippen LogP contribution in [-0.2, 0) is 4.79 Å². The molecule has 2 unspecified atom stereocenters. The SMILES string of the molecule is CCCC/C=C\C/C=C\CCCCCCCC(=O)NC(CO)C(O)CCCCCCCCCCCCCCCC. The van der Waals surface area contributed by atoms with Crippen molar-refractivity contribution in [1.82, 2.24) is 5.32 Å². The molecule has 2 atom stereocenters. The van der Waals surface area contributed by atoms with Gasteiger partial charge in [-0.3, -0.25) is 4.79 Å². The summed E-state index contributed by atoms with van der Waals surface area (Å²) < 4.78 is 0. The fourth-order valence-corrected chi connectivity index (χ4v) is 5.20. The summed E-state index contributed by atoms with van der Waals surface area (Å²) >= 11 is 0. The van der Waals surface area contributed by atoms with Crippen LogP contribution in [0.2, 0.25) is 0 Å². The van der Waals surface area contributed by atoms with Crippen molar-refractivity contribution in [1.29, 1.82) is 0 Å². The Bertz CT molecular complexity index is 574. The van der Waals surface area contributed by atoms with E-state index in [0.29, 0.717) is 12.8 Å². The van der Waals surface area contributed by atoms with E-state index in [9.17, 15) is 15.0 Å². The summed E-state index contributed by atoms with van der Waals surface area (Å²) in [6, 6.07) is -0.539. The number of carbonyl (C=O) groups is 1. The minimum Gasteiger partial charge on any atom is -0.394 e. The quantitative estimate of drug-likeness (QED) is 0.0580. The Labute approximate surface area is 249 Å². The Balaban J connectivity index is 3.60. The van der Waals surface area contributed by atoms with E-state index < -0.39 is 12.1 Å². The lowest BCUT2D eigenvalue weighted by Gasteiger charge is -2.22. The first-order valence-electron chi connectivity index (χ1n) is 17.5. The monoisotopic (exact) mass is 564 g/mol. The Morgan fingerprint density at radius 2 is 1.05 bits per heavy atom. The van der Waals surface area contributed by atoms with Gasteiger partial charge in [-0.15, -0.1) is 0 Å². The van der Waals surface area contributed by atoms with Crippen LogP contribution in [0.1, 0.15) is 181 Å². The predicted octanol–water partition coefficient (Wildman–Crippen LogP) is 10.1. The first-order valence-corrected chi connectivity index (χ1v) is 17.5. The molecule has 0 aromatic heterocycles. The lowest BCUT2D eigenvalue weighted by Crippen LogP contribution is -2.45. The zero-order chi connectivity index (χ0) is 29.4. The third-order valence-electron chi connectivity index (χ3n) is 7.97. The van der Waals surface area contributed by atoms with E-state index in [1.165, 1.54) is 109 Å². The molecule has 1 amide bonds. The Morgan fingerprint density at radius 3 is 1.57 bits per heavy atom. The highest BCUT2D eigenvalue weighted by Crippen LogP contribution is 2.15. The number of aliphatic hydroxyl groups excluding tert-OH is 2. The minimum absolute atomic E-state index is 0.0472. The highest BCUT2D eigenvalue weighted by atomic mass is 16.3. The van der Waals surface area contributed by atoms with Gasteiger partial charge in [0.1, 0.15) is 0 Å². The van der Waals surface area contributed by atoms with E-state index in [-0.39, 0.29) is 12.5 Å². The van der Waals surface area contributed by atoms with E-state index in [0.717, 1.165) is 44.9 Å². The number of rotatable bonds is 31. The summed E-state index contributed by atoms with van der Waals surface area (Å²) in [4.78, 5) is 12.3. The van der Waals surface area contributed by atoms with Crippen LogP contribution >= 0.6 is 0 Å². The first-order chi connectivity index (χ1) is 19.7. The van der Waals surface area contributed by atoms with Crippen LogP contribution in [0.5, 0.6) is 0 Å². The molecule has 0 fully saturated rings. The lowest BCUT2D eigenvalue weighted by atomic mass is 10.0. The van der Waals surface area contributed by atoms with Crippen LogP contribution < -0.4 is 5.32 Å². The number of aliphatic hydroxyl groups is 2. The van der Waals surface area contributed by atoms with Gasteiger partial charge in [-0.1, -0.05) is 160 Å². The molecule has 0 saturated heterocycles. The Hall–Kier alpha value is -1.13. The molecular formula is C36H69NO3. The van der Waals surface area contributed by atoms with Crippen LogP contribution in [-0.4, -0.2) is 34.9 Å². The standard InChI is InChI=1S/C36H69NO3/c1-3-5-7-9-11-13-15-17-19-21-23-25-27-29-31-35(39)34(33-38)37-36(40)32-30-28-26-24-22-20-18-16-14-12-10-8-6-4-2/h10,12,16,18,34-35,38-39H,3-9,11,13-15,17,19-33H2,1-2H3,(H,37,40)/b12-10-,18-16-. The number of unbranched alkanes of at least 4 members (excludes halogenated alkanes) is 20. The van der Waals surface area contributed by atoms with E-state index in [1.54, 1.807) is 0 Å². The van der Waals surface area contributed by atoms with Gasteiger partial charge in [-0.05, 0) is 38.5 Å². The van der Waals surface area contributed by atoms with Gasteiger partial charge >= 0.3 is 0 Å². The second-order valence-corrected chi connectivity index (χ2v) is 11.9. The van der Waals surface area contributed by atoms with E-state index in [4.69, 9.17) is 0 Å². The molecule has 0 aliphatic carbocycles. The summed E-state index contributed by atoms with van der Waals surface area (Å²) in [5, 5.41) is 23.0. The van der Waals surface area contributed by atoms with Gasteiger partial charge in [-0.2, -0.15) is 0 Å². The number of hydrogen-bond donors (Lipinski definition) is 3. The number of hydrogen-bond acceptors (Lipinski definition) is 3.